The van der Waals surface area contributed by atoms with Crippen LogP contribution in [-0.2, 0) is 10.3 Å². The Bertz CT molecular complexity index is 1400. The number of halogens is 1. The van der Waals surface area contributed by atoms with Gasteiger partial charge in [0, 0.05) is 32.4 Å². The van der Waals surface area contributed by atoms with E-state index >= 15 is 0 Å². The highest BCUT2D eigenvalue weighted by Crippen LogP contribution is 2.55. The Labute approximate surface area is 181 Å². The molecule has 148 valence electrons. The maximum absolute atomic E-state index is 14.0. The topological polar surface area (TPSA) is 51.6 Å². The maximum atomic E-state index is 14.0. The van der Waals surface area contributed by atoms with Gasteiger partial charge in [-0.25, -0.2) is 0 Å². The van der Waals surface area contributed by atoms with Gasteiger partial charge in [0.25, 0.3) is 0 Å². The standard InChI is InChI=1S/C25H18BrNO3/c1-13(2)27-19-6-4-3-5-16(19)17-11-12-18-20(21(17)27)23(29)25(24(30-25)22(18)28)14-7-9-15(26)10-8-14/h3-13,24H,1-2H3. The van der Waals surface area contributed by atoms with Crippen LogP contribution < -0.4 is 0 Å². The van der Waals surface area contributed by atoms with Crippen LogP contribution in [0.4, 0.5) is 0 Å². The van der Waals surface area contributed by atoms with Gasteiger partial charge in [0.2, 0.25) is 5.78 Å². The summed E-state index contributed by atoms with van der Waals surface area (Å²) < 4.78 is 8.99. The molecule has 30 heavy (non-hydrogen) atoms. The molecule has 3 aromatic carbocycles. The van der Waals surface area contributed by atoms with Crippen LogP contribution in [0.1, 0.15) is 46.2 Å². The number of hydrogen-bond acceptors (Lipinski definition) is 3. The van der Waals surface area contributed by atoms with E-state index in [1.54, 1.807) is 6.07 Å². The molecule has 1 fully saturated rings. The van der Waals surface area contributed by atoms with Gasteiger partial charge >= 0.3 is 0 Å². The lowest BCUT2D eigenvalue weighted by Crippen LogP contribution is -2.35. The lowest BCUT2D eigenvalue weighted by atomic mass is 9.77. The van der Waals surface area contributed by atoms with Crippen molar-refractivity contribution in [2.75, 3.05) is 0 Å². The summed E-state index contributed by atoms with van der Waals surface area (Å²) in [5.41, 5.74) is 2.35. The van der Waals surface area contributed by atoms with E-state index in [9.17, 15) is 9.59 Å². The van der Waals surface area contributed by atoms with Crippen molar-refractivity contribution in [1.29, 1.82) is 0 Å². The molecule has 1 aromatic heterocycles. The van der Waals surface area contributed by atoms with Crippen LogP contribution in [0.2, 0.25) is 0 Å². The molecule has 0 amide bonds. The molecule has 0 spiro atoms. The minimum absolute atomic E-state index is 0.116. The predicted molar refractivity (Wildman–Crippen MR) is 119 cm³/mol. The third-order valence-corrected chi connectivity index (χ3v) is 6.87. The second kappa shape index (κ2) is 5.90. The maximum Gasteiger partial charge on any atom is 0.205 e. The Kier molecular flexibility index (Phi) is 3.55. The lowest BCUT2D eigenvalue weighted by molar-refractivity contribution is 0.0860. The first-order chi connectivity index (χ1) is 14.4. The fraction of sp³-hybridized carbons (Fsp3) is 0.200. The number of benzene rings is 3. The molecule has 5 heteroatoms. The number of fused-ring (bicyclic) bond motifs is 6. The number of ketones is 2. The third-order valence-electron chi connectivity index (χ3n) is 6.35. The van der Waals surface area contributed by atoms with Gasteiger partial charge in [0.05, 0.1) is 11.1 Å². The summed E-state index contributed by atoms with van der Waals surface area (Å²) in [7, 11) is 0. The first-order valence-corrected chi connectivity index (χ1v) is 10.8. The van der Waals surface area contributed by atoms with E-state index < -0.39 is 11.7 Å². The Hall–Kier alpha value is -2.76. The largest absolute Gasteiger partial charge is 0.343 e. The molecular weight excluding hydrogens is 442 g/mol. The Balaban J connectivity index is 1.71. The number of epoxide rings is 1. The molecule has 2 unspecified atom stereocenters. The number of carbonyl (C=O) groups is 2. The molecule has 1 aliphatic heterocycles. The Morgan fingerprint density at radius 3 is 2.43 bits per heavy atom. The van der Waals surface area contributed by atoms with E-state index in [0.29, 0.717) is 11.1 Å². The van der Waals surface area contributed by atoms with E-state index in [1.807, 2.05) is 42.5 Å². The molecule has 0 N–H and O–H groups in total. The van der Waals surface area contributed by atoms with Crippen molar-refractivity contribution in [3.8, 4) is 0 Å². The number of para-hydroxylation sites is 1. The Morgan fingerprint density at radius 2 is 1.70 bits per heavy atom. The number of rotatable bonds is 2. The zero-order valence-electron chi connectivity index (χ0n) is 16.5. The SMILES string of the molecule is CC(C)n1c2ccccc2c2ccc3c(c21)C(=O)C1(c2ccc(Br)cc2)OC1C3=O. The zero-order chi connectivity index (χ0) is 20.8. The number of hydrogen-bond donors (Lipinski definition) is 0. The van der Waals surface area contributed by atoms with Gasteiger partial charge in [-0.05, 0) is 43.7 Å². The molecule has 0 radical (unpaired) electrons. The van der Waals surface area contributed by atoms with Crippen molar-refractivity contribution >= 4 is 49.3 Å². The summed E-state index contributed by atoms with van der Waals surface area (Å²) >= 11 is 3.44. The van der Waals surface area contributed by atoms with Crippen molar-refractivity contribution in [2.24, 2.45) is 0 Å². The Morgan fingerprint density at radius 1 is 0.967 bits per heavy atom. The highest BCUT2D eigenvalue weighted by atomic mass is 79.9. The molecule has 4 aromatic rings. The monoisotopic (exact) mass is 459 g/mol. The average Bonchev–Trinajstić information content (AvgIpc) is 3.42. The molecule has 0 saturated carbocycles. The van der Waals surface area contributed by atoms with Gasteiger partial charge in [0.15, 0.2) is 17.5 Å². The van der Waals surface area contributed by atoms with Gasteiger partial charge in [-0.1, -0.05) is 52.3 Å². The van der Waals surface area contributed by atoms with Crippen LogP contribution in [0.25, 0.3) is 21.8 Å². The minimum Gasteiger partial charge on any atom is -0.343 e. The van der Waals surface area contributed by atoms with Gasteiger partial charge in [0.1, 0.15) is 0 Å². The quantitative estimate of drug-likeness (QED) is 0.355. The molecule has 6 rings (SSSR count). The van der Waals surface area contributed by atoms with Gasteiger partial charge < -0.3 is 9.30 Å². The van der Waals surface area contributed by atoms with Crippen LogP contribution in [0.15, 0.2) is 65.1 Å². The summed E-state index contributed by atoms with van der Waals surface area (Å²) in [5, 5.41) is 2.07. The van der Waals surface area contributed by atoms with Gasteiger partial charge in [-0.2, -0.15) is 0 Å². The second-order valence-electron chi connectivity index (χ2n) is 8.30. The summed E-state index contributed by atoms with van der Waals surface area (Å²) in [5.74, 6) is -0.241. The lowest BCUT2D eigenvalue weighted by Gasteiger charge is -2.22. The molecule has 2 atom stereocenters. The molecule has 2 aliphatic rings. The van der Waals surface area contributed by atoms with Crippen molar-refractivity contribution in [3.63, 3.8) is 0 Å². The number of carbonyl (C=O) groups excluding carboxylic acids is 2. The number of aromatic nitrogens is 1. The van der Waals surface area contributed by atoms with Gasteiger partial charge in [-0.3, -0.25) is 9.59 Å². The fourth-order valence-corrected chi connectivity index (χ4v) is 5.26. The first-order valence-electron chi connectivity index (χ1n) is 10.0. The molecule has 4 nitrogen and oxygen atoms in total. The van der Waals surface area contributed by atoms with Crippen molar-refractivity contribution in [3.05, 3.63) is 81.8 Å². The van der Waals surface area contributed by atoms with Crippen molar-refractivity contribution in [2.45, 2.75) is 31.6 Å². The van der Waals surface area contributed by atoms with Crippen LogP contribution in [0.3, 0.4) is 0 Å². The predicted octanol–water partition coefficient (Wildman–Crippen LogP) is 5.81. The number of nitrogens with zero attached hydrogens (tertiary/aromatic N) is 1. The first kappa shape index (κ1) is 18.0. The zero-order valence-corrected chi connectivity index (χ0v) is 18.1. The van der Waals surface area contributed by atoms with Gasteiger partial charge in [-0.15, -0.1) is 0 Å². The normalized spacial score (nSPS) is 22.6. The number of ether oxygens (including phenoxy) is 1. The van der Waals surface area contributed by atoms with E-state index in [1.165, 1.54) is 0 Å². The average molecular weight is 460 g/mol. The van der Waals surface area contributed by atoms with Crippen molar-refractivity contribution < 1.29 is 14.3 Å². The summed E-state index contributed by atoms with van der Waals surface area (Å²) in [6.45, 7) is 4.20. The van der Waals surface area contributed by atoms with Crippen LogP contribution in [-0.4, -0.2) is 22.2 Å². The molecule has 1 saturated heterocycles. The fourth-order valence-electron chi connectivity index (χ4n) is 5.00. The molecule has 0 bridgehead atoms. The van der Waals surface area contributed by atoms with E-state index in [-0.39, 0.29) is 17.6 Å². The summed E-state index contributed by atoms with van der Waals surface area (Å²) in [6.07, 6.45) is -0.743. The molecular formula is C25H18BrNO3. The van der Waals surface area contributed by atoms with Crippen LogP contribution >= 0.6 is 15.9 Å². The third kappa shape index (κ3) is 2.09. The highest BCUT2D eigenvalue weighted by Gasteiger charge is 2.70. The smallest absolute Gasteiger partial charge is 0.205 e. The highest BCUT2D eigenvalue weighted by molar-refractivity contribution is 9.10. The van der Waals surface area contributed by atoms with E-state index in [4.69, 9.17) is 4.74 Å². The van der Waals surface area contributed by atoms with E-state index in [2.05, 4.69) is 46.5 Å². The second-order valence-corrected chi connectivity index (χ2v) is 9.21. The van der Waals surface area contributed by atoms with Crippen LogP contribution in [0.5, 0.6) is 0 Å². The van der Waals surface area contributed by atoms with Crippen molar-refractivity contribution in [1.82, 2.24) is 4.57 Å². The summed E-state index contributed by atoms with van der Waals surface area (Å²) in [6, 6.07) is 19.5. The van der Waals surface area contributed by atoms with E-state index in [0.717, 1.165) is 31.8 Å². The minimum atomic E-state index is -1.21. The summed E-state index contributed by atoms with van der Waals surface area (Å²) in [4.78, 5) is 27.3. The molecule has 2 heterocycles. The van der Waals surface area contributed by atoms with Crippen LogP contribution in [0, 0.1) is 0 Å². The number of Topliss-reactive ketones (excluding diaryl/α,β-unsaturated/α-hetero) is 2. The molecule has 1 aliphatic carbocycles.